The first-order valence-corrected chi connectivity index (χ1v) is 14.6. The summed E-state index contributed by atoms with van der Waals surface area (Å²) in [7, 11) is -0.891. The average Bonchev–Trinajstić information content (AvgIpc) is 3.40. The van der Waals surface area contributed by atoms with Crippen molar-refractivity contribution in [3.63, 3.8) is 0 Å². The fraction of sp³-hybridized carbons (Fsp3) is 0.100. The van der Waals surface area contributed by atoms with Gasteiger partial charge in [-0.25, -0.2) is 17.8 Å². The fourth-order valence-electron chi connectivity index (χ4n) is 4.07. The lowest BCUT2D eigenvalue weighted by Gasteiger charge is -2.19. The summed E-state index contributed by atoms with van der Waals surface area (Å²) in [5.74, 6) is 0.210. The maximum Gasteiger partial charge on any atom is 0.271 e. The highest BCUT2D eigenvalue weighted by atomic mass is 32.2. The van der Waals surface area contributed by atoms with Crippen LogP contribution in [0.1, 0.15) is 17.2 Å². The van der Waals surface area contributed by atoms with Crippen LogP contribution in [-0.2, 0) is 14.6 Å². The fourth-order valence-corrected chi connectivity index (χ4v) is 6.21. The molecule has 0 saturated carbocycles. The topological polar surface area (TPSA) is 128 Å². The number of nitriles is 1. The van der Waals surface area contributed by atoms with Gasteiger partial charge in [-0.15, -0.1) is 0 Å². The van der Waals surface area contributed by atoms with Crippen LogP contribution in [0.3, 0.4) is 0 Å². The van der Waals surface area contributed by atoms with E-state index in [1.807, 2.05) is 6.07 Å². The van der Waals surface area contributed by atoms with Crippen LogP contribution in [0.5, 0.6) is 17.2 Å². The number of methoxy groups -OCH3 is 2. The summed E-state index contributed by atoms with van der Waals surface area (Å²) in [6.07, 6.45) is -1.21. The number of amides is 1. The average molecular weight is 604 g/mol. The Bertz CT molecular complexity index is 1860. The van der Waals surface area contributed by atoms with Gasteiger partial charge in [-0.05, 0) is 60.7 Å². The molecule has 9 nitrogen and oxygen atoms in total. The van der Waals surface area contributed by atoms with Gasteiger partial charge < -0.3 is 14.2 Å². The molecule has 1 amide bonds. The van der Waals surface area contributed by atoms with Gasteiger partial charge in [0, 0.05) is 17.7 Å². The molecule has 0 aliphatic rings. The number of hydrogen-bond acceptors (Lipinski definition) is 9. The molecule has 1 N–H and O–H groups in total. The molecular weight excluding hydrogens is 581 g/mol. The number of hydrogen-bond donors (Lipinski definition) is 1. The molecule has 0 aliphatic heterocycles. The Labute approximate surface area is 244 Å². The number of fused-ring (bicyclic) bond motifs is 1. The number of halogens is 1. The molecule has 1 unspecified atom stereocenters. The summed E-state index contributed by atoms with van der Waals surface area (Å²) in [4.78, 5) is 18.0. The van der Waals surface area contributed by atoms with E-state index in [0.717, 1.165) is 16.8 Å². The zero-order valence-corrected chi connectivity index (χ0v) is 23.8. The van der Waals surface area contributed by atoms with Gasteiger partial charge >= 0.3 is 0 Å². The lowest BCUT2D eigenvalue weighted by molar-refractivity contribution is -0.123. The van der Waals surface area contributed by atoms with Crippen LogP contribution in [0.25, 0.3) is 10.2 Å². The van der Waals surface area contributed by atoms with E-state index < -0.39 is 27.7 Å². The molecule has 12 heteroatoms. The Morgan fingerprint density at radius 2 is 1.52 bits per heavy atom. The molecule has 1 atom stereocenters. The molecule has 1 heterocycles. The highest BCUT2D eigenvalue weighted by molar-refractivity contribution is 7.91. The SMILES string of the molecule is COc1cc2nc(NC(=O)C(Oc3ccc(C#N)cc3)c3ccc(S(=O)(=O)c4ccc(F)cc4)cc3)sc2cc1OC. The number of rotatable bonds is 9. The minimum Gasteiger partial charge on any atom is -0.493 e. The third kappa shape index (κ3) is 5.88. The van der Waals surface area contributed by atoms with Crippen LogP contribution in [0.15, 0.2) is 94.7 Å². The number of carbonyl (C=O) groups excluding carboxylic acids is 1. The van der Waals surface area contributed by atoms with E-state index in [4.69, 9.17) is 19.5 Å². The van der Waals surface area contributed by atoms with Crippen molar-refractivity contribution >= 4 is 42.4 Å². The highest BCUT2D eigenvalue weighted by Crippen LogP contribution is 2.36. The van der Waals surface area contributed by atoms with Gasteiger partial charge in [0.2, 0.25) is 15.9 Å². The van der Waals surface area contributed by atoms with Crippen LogP contribution in [0.4, 0.5) is 9.52 Å². The molecular formula is C30H22FN3O6S2. The molecule has 0 saturated heterocycles. The van der Waals surface area contributed by atoms with E-state index >= 15 is 0 Å². The largest absolute Gasteiger partial charge is 0.493 e. The van der Waals surface area contributed by atoms with Gasteiger partial charge in [0.1, 0.15) is 11.6 Å². The summed E-state index contributed by atoms with van der Waals surface area (Å²) in [5.41, 5.74) is 1.37. The Morgan fingerprint density at radius 1 is 0.929 bits per heavy atom. The number of carbonyl (C=O) groups is 1. The third-order valence-corrected chi connectivity index (χ3v) is 8.94. The van der Waals surface area contributed by atoms with Crippen molar-refractivity contribution in [1.82, 2.24) is 4.98 Å². The molecule has 212 valence electrons. The van der Waals surface area contributed by atoms with E-state index in [0.29, 0.717) is 39.0 Å². The second kappa shape index (κ2) is 11.9. The van der Waals surface area contributed by atoms with Gasteiger partial charge in [0.15, 0.2) is 16.6 Å². The molecule has 5 rings (SSSR count). The molecule has 0 aliphatic carbocycles. The highest BCUT2D eigenvalue weighted by Gasteiger charge is 2.26. The number of anilines is 1. The second-order valence-electron chi connectivity index (χ2n) is 8.84. The van der Waals surface area contributed by atoms with E-state index in [9.17, 15) is 17.6 Å². The lowest BCUT2D eigenvalue weighted by atomic mass is 10.1. The van der Waals surface area contributed by atoms with Crippen molar-refractivity contribution in [2.45, 2.75) is 15.9 Å². The summed E-state index contributed by atoms with van der Waals surface area (Å²) < 4.78 is 56.9. The van der Waals surface area contributed by atoms with Crippen molar-refractivity contribution in [3.8, 4) is 23.3 Å². The Morgan fingerprint density at radius 3 is 2.12 bits per heavy atom. The van der Waals surface area contributed by atoms with Crippen LogP contribution < -0.4 is 19.5 Å². The van der Waals surface area contributed by atoms with E-state index in [2.05, 4.69) is 10.3 Å². The van der Waals surface area contributed by atoms with E-state index in [1.165, 1.54) is 62.0 Å². The molecule has 5 aromatic rings. The first kappa shape index (κ1) is 28.5. The van der Waals surface area contributed by atoms with Crippen LogP contribution in [0.2, 0.25) is 0 Å². The third-order valence-electron chi connectivity index (χ3n) is 6.22. The zero-order chi connectivity index (χ0) is 29.9. The first-order valence-electron chi connectivity index (χ1n) is 12.3. The second-order valence-corrected chi connectivity index (χ2v) is 11.8. The minimum absolute atomic E-state index is 0.0375. The molecule has 4 aromatic carbocycles. The molecule has 42 heavy (non-hydrogen) atoms. The van der Waals surface area contributed by atoms with Crippen molar-refractivity contribution in [2.75, 3.05) is 19.5 Å². The van der Waals surface area contributed by atoms with Gasteiger partial charge in [0.25, 0.3) is 5.91 Å². The van der Waals surface area contributed by atoms with Crippen molar-refractivity contribution in [2.24, 2.45) is 0 Å². The molecule has 1 aromatic heterocycles. The van der Waals surface area contributed by atoms with E-state index in [1.54, 1.807) is 36.4 Å². The van der Waals surface area contributed by atoms with Gasteiger partial charge in [-0.3, -0.25) is 10.1 Å². The Kier molecular flexibility index (Phi) is 8.06. The standard InChI is InChI=1S/C30H22FN3O6S2/c1-38-25-15-24-27(16-26(25)39-2)41-30(33-24)34-29(35)28(40-21-9-3-18(17-32)4-10-21)19-5-11-22(12-6-19)42(36,37)23-13-7-20(31)8-14-23/h3-16,28H,1-2H3,(H,33,34,35). The van der Waals surface area contributed by atoms with E-state index in [-0.39, 0.29) is 9.79 Å². The van der Waals surface area contributed by atoms with Crippen LogP contribution in [-0.4, -0.2) is 33.5 Å². The number of benzene rings is 4. The maximum atomic E-state index is 13.6. The van der Waals surface area contributed by atoms with Gasteiger partial charge in [0.05, 0.1) is 45.9 Å². The number of thiazole rings is 1. The quantitative estimate of drug-likeness (QED) is 0.206. The predicted octanol–water partition coefficient (Wildman–Crippen LogP) is 5.92. The smallest absolute Gasteiger partial charge is 0.271 e. The summed E-state index contributed by atoms with van der Waals surface area (Å²) in [6, 6.07) is 21.9. The Hall–Kier alpha value is -4.99. The monoisotopic (exact) mass is 603 g/mol. The number of nitrogens with zero attached hydrogens (tertiary/aromatic N) is 2. The first-order chi connectivity index (χ1) is 20.2. The molecule has 0 spiro atoms. The number of nitrogens with one attached hydrogen (secondary N) is 1. The Balaban J connectivity index is 1.46. The van der Waals surface area contributed by atoms with Gasteiger partial charge in [-0.1, -0.05) is 23.5 Å². The molecule has 0 fully saturated rings. The van der Waals surface area contributed by atoms with Crippen LogP contribution in [0, 0.1) is 17.1 Å². The number of ether oxygens (including phenoxy) is 3. The lowest BCUT2D eigenvalue weighted by Crippen LogP contribution is -2.25. The molecule has 0 bridgehead atoms. The zero-order valence-electron chi connectivity index (χ0n) is 22.2. The van der Waals surface area contributed by atoms with Gasteiger partial charge in [-0.2, -0.15) is 5.26 Å². The molecule has 0 radical (unpaired) electrons. The maximum absolute atomic E-state index is 13.6. The van der Waals surface area contributed by atoms with Crippen molar-refractivity contribution in [1.29, 1.82) is 5.26 Å². The summed E-state index contributed by atoms with van der Waals surface area (Å²) in [5, 5.41) is 12.2. The normalized spacial score (nSPS) is 11.9. The summed E-state index contributed by atoms with van der Waals surface area (Å²) in [6.45, 7) is 0. The van der Waals surface area contributed by atoms with Crippen molar-refractivity contribution < 1.29 is 31.8 Å². The number of sulfone groups is 1. The minimum atomic E-state index is -3.93. The summed E-state index contributed by atoms with van der Waals surface area (Å²) >= 11 is 1.23. The predicted molar refractivity (Wildman–Crippen MR) is 154 cm³/mol. The van der Waals surface area contributed by atoms with Crippen molar-refractivity contribution in [3.05, 3.63) is 102 Å². The van der Waals surface area contributed by atoms with Crippen LogP contribution >= 0.6 is 11.3 Å². The number of aromatic nitrogens is 1.